The molecule has 0 aliphatic carbocycles. The lowest BCUT2D eigenvalue weighted by molar-refractivity contribution is -0.131. The fraction of sp³-hybridized carbons (Fsp3) is 0.467. The number of carboxylic acid groups (broad SMARTS) is 1. The summed E-state index contributed by atoms with van der Waals surface area (Å²) < 4.78 is 1.73. The summed E-state index contributed by atoms with van der Waals surface area (Å²) in [4.78, 5) is 22.9. The summed E-state index contributed by atoms with van der Waals surface area (Å²) in [6.07, 6.45) is 5.54. The summed E-state index contributed by atoms with van der Waals surface area (Å²) >= 11 is 0. The van der Waals surface area contributed by atoms with Crippen molar-refractivity contribution in [1.29, 1.82) is 0 Å². The Bertz CT molecular complexity index is 541. The van der Waals surface area contributed by atoms with Crippen molar-refractivity contribution in [2.75, 3.05) is 0 Å². The molecule has 0 amide bonds. The summed E-state index contributed by atoms with van der Waals surface area (Å²) in [6, 6.07) is 1.93. The maximum absolute atomic E-state index is 12.3. The highest BCUT2D eigenvalue weighted by Gasteiger charge is 2.08. The zero-order chi connectivity index (χ0) is 14.4. The van der Waals surface area contributed by atoms with Gasteiger partial charge in [0, 0.05) is 23.9 Å². The van der Waals surface area contributed by atoms with Crippen LogP contribution in [0, 0.1) is 13.8 Å². The largest absolute Gasteiger partial charge is 0.478 e. The van der Waals surface area contributed by atoms with Crippen LogP contribution in [0.5, 0.6) is 0 Å². The van der Waals surface area contributed by atoms with Crippen LogP contribution in [0.4, 0.5) is 0 Å². The van der Waals surface area contributed by atoms with Crippen molar-refractivity contribution in [3.05, 3.63) is 39.3 Å². The number of aromatic nitrogens is 1. The van der Waals surface area contributed by atoms with Gasteiger partial charge in [0.2, 0.25) is 0 Å². The van der Waals surface area contributed by atoms with E-state index < -0.39 is 5.97 Å². The predicted molar refractivity (Wildman–Crippen MR) is 76.4 cm³/mol. The lowest BCUT2D eigenvalue weighted by Gasteiger charge is -2.12. The van der Waals surface area contributed by atoms with E-state index in [0.29, 0.717) is 12.1 Å². The number of aliphatic carboxylic acids is 1. The molecule has 0 atom stereocenters. The Hall–Kier alpha value is -1.84. The second kappa shape index (κ2) is 6.92. The van der Waals surface area contributed by atoms with Crippen molar-refractivity contribution in [3.8, 4) is 0 Å². The molecule has 0 bridgehead atoms. The normalized spacial score (nSPS) is 11.1. The van der Waals surface area contributed by atoms with E-state index in [2.05, 4.69) is 6.92 Å². The Labute approximate surface area is 113 Å². The summed E-state index contributed by atoms with van der Waals surface area (Å²) in [5.74, 6) is -1.04. The van der Waals surface area contributed by atoms with E-state index >= 15 is 0 Å². The van der Waals surface area contributed by atoms with E-state index in [0.717, 1.165) is 36.6 Å². The van der Waals surface area contributed by atoms with Gasteiger partial charge in [-0.25, -0.2) is 4.79 Å². The Morgan fingerprint density at radius 2 is 2.05 bits per heavy atom. The van der Waals surface area contributed by atoms with E-state index in [-0.39, 0.29) is 5.56 Å². The summed E-state index contributed by atoms with van der Waals surface area (Å²) in [7, 11) is 0. The first-order valence-electron chi connectivity index (χ1n) is 6.59. The van der Waals surface area contributed by atoms with Gasteiger partial charge in [-0.2, -0.15) is 0 Å². The van der Waals surface area contributed by atoms with E-state index in [1.54, 1.807) is 4.57 Å². The predicted octanol–water partition coefficient (Wildman–Crippen LogP) is 2.75. The number of carboxylic acids is 1. The SMILES string of the molecule is CCCCCn1c(C)cc(C)c(/C=C/C(=O)O)c1=O. The van der Waals surface area contributed by atoms with Crippen LogP contribution in [0.3, 0.4) is 0 Å². The third kappa shape index (κ3) is 4.09. The lowest BCUT2D eigenvalue weighted by Crippen LogP contribution is -2.25. The Morgan fingerprint density at radius 1 is 1.37 bits per heavy atom. The van der Waals surface area contributed by atoms with Gasteiger partial charge < -0.3 is 9.67 Å². The molecule has 4 heteroatoms. The van der Waals surface area contributed by atoms with Gasteiger partial charge in [0.1, 0.15) is 0 Å². The molecule has 0 aliphatic heterocycles. The minimum absolute atomic E-state index is 0.105. The molecule has 19 heavy (non-hydrogen) atoms. The molecule has 0 radical (unpaired) electrons. The van der Waals surface area contributed by atoms with Gasteiger partial charge >= 0.3 is 5.97 Å². The monoisotopic (exact) mass is 263 g/mol. The third-order valence-corrected chi connectivity index (χ3v) is 3.13. The highest BCUT2D eigenvalue weighted by atomic mass is 16.4. The molecule has 1 aromatic rings. The molecular weight excluding hydrogens is 242 g/mol. The topological polar surface area (TPSA) is 59.3 Å². The Balaban J connectivity index is 3.15. The van der Waals surface area contributed by atoms with Crippen molar-refractivity contribution in [1.82, 2.24) is 4.57 Å². The van der Waals surface area contributed by atoms with Gasteiger partial charge in [-0.05, 0) is 38.0 Å². The highest BCUT2D eigenvalue weighted by molar-refractivity contribution is 5.85. The quantitative estimate of drug-likeness (QED) is 0.634. The summed E-state index contributed by atoms with van der Waals surface area (Å²) in [6.45, 7) is 6.54. The molecule has 4 nitrogen and oxygen atoms in total. The first-order chi connectivity index (χ1) is 8.97. The fourth-order valence-corrected chi connectivity index (χ4v) is 2.10. The van der Waals surface area contributed by atoms with Crippen molar-refractivity contribution in [3.63, 3.8) is 0 Å². The zero-order valence-corrected chi connectivity index (χ0v) is 11.8. The third-order valence-electron chi connectivity index (χ3n) is 3.13. The summed E-state index contributed by atoms with van der Waals surface area (Å²) in [5, 5.41) is 8.66. The molecule has 1 heterocycles. The van der Waals surface area contributed by atoms with E-state index in [1.807, 2.05) is 19.9 Å². The maximum atomic E-state index is 12.3. The number of hydrogen-bond donors (Lipinski definition) is 1. The van der Waals surface area contributed by atoms with E-state index in [1.165, 1.54) is 6.08 Å². The second-order valence-electron chi connectivity index (χ2n) is 4.72. The van der Waals surface area contributed by atoms with Crippen LogP contribution in [-0.4, -0.2) is 15.6 Å². The van der Waals surface area contributed by atoms with Crippen LogP contribution >= 0.6 is 0 Å². The van der Waals surface area contributed by atoms with Crippen LogP contribution in [0.25, 0.3) is 6.08 Å². The molecule has 0 saturated carbocycles. The maximum Gasteiger partial charge on any atom is 0.328 e. The van der Waals surface area contributed by atoms with E-state index in [4.69, 9.17) is 5.11 Å². The van der Waals surface area contributed by atoms with Crippen molar-refractivity contribution in [2.45, 2.75) is 46.6 Å². The molecule has 1 N–H and O–H groups in total. The minimum atomic E-state index is -1.04. The lowest BCUT2D eigenvalue weighted by atomic mass is 10.1. The Kier molecular flexibility index (Phi) is 5.55. The van der Waals surface area contributed by atoms with Gasteiger partial charge in [-0.3, -0.25) is 4.79 Å². The van der Waals surface area contributed by atoms with Crippen molar-refractivity contribution in [2.24, 2.45) is 0 Å². The van der Waals surface area contributed by atoms with Crippen LogP contribution < -0.4 is 5.56 Å². The molecule has 1 rings (SSSR count). The zero-order valence-electron chi connectivity index (χ0n) is 11.8. The van der Waals surface area contributed by atoms with Gasteiger partial charge in [-0.1, -0.05) is 19.8 Å². The smallest absolute Gasteiger partial charge is 0.328 e. The number of pyridine rings is 1. The van der Waals surface area contributed by atoms with Crippen molar-refractivity contribution >= 4 is 12.0 Å². The second-order valence-corrected chi connectivity index (χ2v) is 4.72. The molecule has 104 valence electrons. The average molecular weight is 263 g/mol. The first-order valence-corrected chi connectivity index (χ1v) is 6.59. The summed E-state index contributed by atoms with van der Waals surface area (Å²) in [5.41, 5.74) is 2.09. The first kappa shape index (κ1) is 15.2. The van der Waals surface area contributed by atoms with Crippen LogP contribution in [0.15, 0.2) is 16.9 Å². The molecule has 0 aromatic carbocycles. The van der Waals surface area contributed by atoms with Crippen LogP contribution in [0.2, 0.25) is 0 Å². The van der Waals surface area contributed by atoms with Gasteiger partial charge in [0.15, 0.2) is 0 Å². The standard InChI is InChI=1S/C15H21NO3/c1-4-5-6-9-16-12(3)10-11(2)13(15(16)19)7-8-14(17)18/h7-8,10H,4-6,9H2,1-3H3,(H,17,18)/b8-7+. The number of unbranched alkanes of at least 4 members (excludes halogenated alkanes) is 2. The van der Waals surface area contributed by atoms with Gasteiger partial charge in [0.05, 0.1) is 0 Å². The molecular formula is C15H21NO3. The molecule has 0 aliphatic rings. The van der Waals surface area contributed by atoms with Gasteiger partial charge in [-0.15, -0.1) is 0 Å². The fourth-order valence-electron chi connectivity index (χ4n) is 2.10. The van der Waals surface area contributed by atoms with Crippen molar-refractivity contribution < 1.29 is 9.90 Å². The molecule has 0 saturated heterocycles. The van der Waals surface area contributed by atoms with Crippen LogP contribution in [0.1, 0.15) is 43.0 Å². The van der Waals surface area contributed by atoms with Crippen LogP contribution in [-0.2, 0) is 11.3 Å². The van der Waals surface area contributed by atoms with Gasteiger partial charge in [0.25, 0.3) is 5.56 Å². The van der Waals surface area contributed by atoms with E-state index in [9.17, 15) is 9.59 Å². The molecule has 0 fully saturated rings. The molecule has 1 aromatic heterocycles. The average Bonchev–Trinajstić information content (AvgIpc) is 2.32. The number of nitrogens with zero attached hydrogens (tertiary/aromatic N) is 1. The number of rotatable bonds is 6. The Morgan fingerprint density at radius 3 is 2.63 bits per heavy atom. The number of hydrogen-bond acceptors (Lipinski definition) is 2. The minimum Gasteiger partial charge on any atom is -0.478 e. The highest BCUT2D eigenvalue weighted by Crippen LogP contribution is 2.09. The number of aryl methyl sites for hydroxylation is 2. The molecule has 0 unspecified atom stereocenters. The number of carbonyl (C=O) groups is 1. The molecule has 0 spiro atoms.